The third-order valence-electron chi connectivity index (χ3n) is 3.33. The van der Waals surface area contributed by atoms with Crippen LogP contribution in [0, 0.1) is 13.8 Å². The molecular weight excluding hydrogens is 224 g/mol. The van der Waals surface area contributed by atoms with Gasteiger partial charge in [-0.15, -0.1) is 0 Å². The van der Waals surface area contributed by atoms with Crippen LogP contribution < -0.4 is 0 Å². The van der Waals surface area contributed by atoms with Gasteiger partial charge in [-0.1, -0.05) is 25.1 Å². The number of ketones is 1. The van der Waals surface area contributed by atoms with Gasteiger partial charge in [0.05, 0.1) is 11.3 Å². The summed E-state index contributed by atoms with van der Waals surface area (Å²) in [5.41, 5.74) is 4.36. The summed E-state index contributed by atoms with van der Waals surface area (Å²) in [5, 5.41) is 4.30. The molecule has 0 aliphatic heterocycles. The molecule has 0 amide bonds. The Morgan fingerprint density at radius 1 is 1.33 bits per heavy atom. The smallest absolute Gasteiger partial charge is 0.196 e. The van der Waals surface area contributed by atoms with Gasteiger partial charge in [0, 0.05) is 18.3 Å². The Morgan fingerprint density at radius 3 is 2.61 bits per heavy atom. The van der Waals surface area contributed by atoms with Gasteiger partial charge in [-0.25, -0.2) is 0 Å². The number of hydrogen-bond donors (Lipinski definition) is 0. The molecule has 18 heavy (non-hydrogen) atoms. The van der Waals surface area contributed by atoms with E-state index < -0.39 is 0 Å². The van der Waals surface area contributed by atoms with Gasteiger partial charge in [0.2, 0.25) is 0 Å². The van der Waals surface area contributed by atoms with Crippen molar-refractivity contribution in [2.75, 3.05) is 0 Å². The Bertz CT molecular complexity index is 597. The third-order valence-corrected chi connectivity index (χ3v) is 3.33. The molecule has 0 unspecified atom stereocenters. The van der Waals surface area contributed by atoms with Crippen LogP contribution in [0.3, 0.4) is 0 Å². The standard InChI is InChI=1S/C15H18N2O/c1-5-12-7-6-8-13(9-12)15(18)14-10(2)16-17(4)11(14)3/h6-9H,5H2,1-4H3. The van der Waals surface area contributed by atoms with E-state index in [1.807, 2.05) is 45.2 Å². The third kappa shape index (κ3) is 2.08. The average Bonchev–Trinajstić information content (AvgIpc) is 2.62. The molecule has 1 aromatic heterocycles. The van der Waals surface area contributed by atoms with Crippen molar-refractivity contribution in [2.45, 2.75) is 27.2 Å². The first-order valence-corrected chi connectivity index (χ1v) is 6.18. The first-order chi connectivity index (χ1) is 8.54. The highest BCUT2D eigenvalue weighted by molar-refractivity contribution is 6.10. The molecule has 3 heteroatoms. The van der Waals surface area contributed by atoms with Crippen molar-refractivity contribution in [3.63, 3.8) is 0 Å². The first kappa shape index (κ1) is 12.6. The molecule has 0 atom stereocenters. The zero-order valence-corrected chi connectivity index (χ0v) is 11.3. The number of aromatic nitrogens is 2. The maximum absolute atomic E-state index is 12.5. The van der Waals surface area contributed by atoms with Crippen molar-refractivity contribution in [3.05, 3.63) is 52.3 Å². The monoisotopic (exact) mass is 242 g/mol. The van der Waals surface area contributed by atoms with Gasteiger partial charge < -0.3 is 0 Å². The fourth-order valence-electron chi connectivity index (χ4n) is 2.18. The van der Waals surface area contributed by atoms with Crippen LogP contribution in [0.4, 0.5) is 0 Å². The van der Waals surface area contributed by atoms with Crippen LogP contribution in [0.2, 0.25) is 0 Å². The predicted molar refractivity (Wildman–Crippen MR) is 71.9 cm³/mol. The van der Waals surface area contributed by atoms with Crippen LogP contribution in [-0.2, 0) is 13.5 Å². The Labute approximate surface area is 107 Å². The summed E-state index contributed by atoms with van der Waals surface area (Å²) in [7, 11) is 1.86. The minimum Gasteiger partial charge on any atom is -0.288 e. The van der Waals surface area contributed by atoms with Crippen molar-refractivity contribution in [2.24, 2.45) is 7.05 Å². The van der Waals surface area contributed by atoms with E-state index in [-0.39, 0.29) is 5.78 Å². The maximum atomic E-state index is 12.5. The number of carbonyl (C=O) groups is 1. The zero-order valence-electron chi connectivity index (χ0n) is 11.3. The predicted octanol–water partition coefficient (Wildman–Crippen LogP) is 2.83. The minimum absolute atomic E-state index is 0.0633. The lowest BCUT2D eigenvalue weighted by atomic mass is 9.99. The number of rotatable bonds is 3. The molecule has 0 saturated carbocycles. The fraction of sp³-hybridized carbons (Fsp3) is 0.333. The number of hydrogen-bond acceptors (Lipinski definition) is 2. The Balaban J connectivity index is 2.47. The molecule has 94 valence electrons. The van der Waals surface area contributed by atoms with Gasteiger partial charge in [0.1, 0.15) is 0 Å². The molecule has 1 aromatic carbocycles. The average molecular weight is 242 g/mol. The second-order valence-corrected chi connectivity index (χ2v) is 4.55. The van der Waals surface area contributed by atoms with Crippen LogP contribution in [0.25, 0.3) is 0 Å². The minimum atomic E-state index is 0.0633. The van der Waals surface area contributed by atoms with Crippen LogP contribution in [0.1, 0.15) is 39.8 Å². The lowest BCUT2D eigenvalue weighted by molar-refractivity contribution is 0.103. The van der Waals surface area contributed by atoms with E-state index in [0.717, 1.165) is 28.9 Å². The molecule has 0 saturated heterocycles. The van der Waals surface area contributed by atoms with Crippen LogP contribution in [0.5, 0.6) is 0 Å². The molecule has 0 fully saturated rings. The van der Waals surface area contributed by atoms with E-state index in [1.54, 1.807) is 4.68 Å². The Hall–Kier alpha value is -1.90. The lowest BCUT2D eigenvalue weighted by Crippen LogP contribution is -2.05. The number of aryl methyl sites for hydroxylation is 3. The highest BCUT2D eigenvalue weighted by atomic mass is 16.1. The molecule has 3 nitrogen and oxygen atoms in total. The SMILES string of the molecule is CCc1cccc(C(=O)c2c(C)nn(C)c2C)c1. The van der Waals surface area contributed by atoms with E-state index in [2.05, 4.69) is 12.0 Å². The molecule has 0 N–H and O–H groups in total. The van der Waals surface area contributed by atoms with Gasteiger partial charge in [0.25, 0.3) is 0 Å². The van der Waals surface area contributed by atoms with E-state index in [9.17, 15) is 4.79 Å². The number of carbonyl (C=O) groups excluding carboxylic acids is 1. The van der Waals surface area contributed by atoms with Crippen LogP contribution in [-0.4, -0.2) is 15.6 Å². The largest absolute Gasteiger partial charge is 0.288 e. The van der Waals surface area contributed by atoms with Gasteiger partial charge in [-0.3, -0.25) is 9.48 Å². The first-order valence-electron chi connectivity index (χ1n) is 6.18. The highest BCUT2D eigenvalue weighted by Crippen LogP contribution is 2.18. The number of benzene rings is 1. The fourth-order valence-corrected chi connectivity index (χ4v) is 2.18. The van der Waals surface area contributed by atoms with E-state index in [0.29, 0.717) is 0 Å². The van der Waals surface area contributed by atoms with Crippen molar-refractivity contribution < 1.29 is 4.79 Å². The summed E-state index contributed by atoms with van der Waals surface area (Å²) >= 11 is 0. The van der Waals surface area contributed by atoms with Gasteiger partial charge >= 0.3 is 0 Å². The van der Waals surface area contributed by atoms with E-state index >= 15 is 0 Å². The Morgan fingerprint density at radius 2 is 2.06 bits per heavy atom. The molecular formula is C15H18N2O. The zero-order chi connectivity index (χ0) is 13.3. The van der Waals surface area contributed by atoms with E-state index in [1.165, 1.54) is 5.56 Å². The topological polar surface area (TPSA) is 34.9 Å². The van der Waals surface area contributed by atoms with Crippen LogP contribution >= 0.6 is 0 Å². The molecule has 0 bridgehead atoms. The maximum Gasteiger partial charge on any atom is 0.196 e. The van der Waals surface area contributed by atoms with Gasteiger partial charge in [-0.05, 0) is 31.9 Å². The molecule has 1 heterocycles. The summed E-state index contributed by atoms with van der Waals surface area (Å²) in [6, 6.07) is 7.81. The molecule has 0 radical (unpaired) electrons. The Kier molecular flexibility index (Phi) is 3.32. The molecule has 0 spiro atoms. The van der Waals surface area contributed by atoms with Crippen molar-refractivity contribution >= 4 is 5.78 Å². The summed E-state index contributed by atoms with van der Waals surface area (Å²) in [6.45, 7) is 5.89. The van der Waals surface area contributed by atoms with Crippen molar-refractivity contribution in [1.29, 1.82) is 0 Å². The van der Waals surface area contributed by atoms with Crippen molar-refractivity contribution in [1.82, 2.24) is 9.78 Å². The molecule has 0 aliphatic carbocycles. The summed E-state index contributed by atoms with van der Waals surface area (Å²) in [4.78, 5) is 12.5. The van der Waals surface area contributed by atoms with Gasteiger partial charge in [0.15, 0.2) is 5.78 Å². The second-order valence-electron chi connectivity index (χ2n) is 4.55. The van der Waals surface area contributed by atoms with Crippen LogP contribution in [0.15, 0.2) is 24.3 Å². The second kappa shape index (κ2) is 4.77. The van der Waals surface area contributed by atoms with E-state index in [4.69, 9.17) is 0 Å². The number of nitrogens with zero attached hydrogens (tertiary/aromatic N) is 2. The normalized spacial score (nSPS) is 10.7. The molecule has 2 aromatic rings. The quantitative estimate of drug-likeness (QED) is 0.776. The summed E-state index contributed by atoms with van der Waals surface area (Å²) in [5.74, 6) is 0.0633. The van der Waals surface area contributed by atoms with Gasteiger partial charge in [-0.2, -0.15) is 5.10 Å². The summed E-state index contributed by atoms with van der Waals surface area (Å²) < 4.78 is 1.76. The lowest BCUT2D eigenvalue weighted by Gasteiger charge is -2.04. The summed E-state index contributed by atoms with van der Waals surface area (Å²) in [6.07, 6.45) is 0.937. The highest BCUT2D eigenvalue weighted by Gasteiger charge is 2.18. The van der Waals surface area contributed by atoms with Crippen molar-refractivity contribution in [3.8, 4) is 0 Å². The molecule has 2 rings (SSSR count). The molecule has 0 aliphatic rings.